The molecule has 2 aromatic rings. The topological polar surface area (TPSA) is 70.8 Å². The summed E-state index contributed by atoms with van der Waals surface area (Å²) in [5.41, 5.74) is -0.0143. The average molecular weight is 331 g/mol. The third-order valence-corrected chi connectivity index (χ3v) is 2.46. The fourth-order valence-electron chi connectivity index (χ4n) is 1.60. The highest BCUT2D eigenvalue weighted by Gasteiger charge is 2.31. The maximum absolute atomic E-state index is 12.1. The van der Waals surface area contributed by atoms with E-state index in [0.29, 0.717) is 0 Å². The smallest absolute Gasteiger partial charge is 0.485 e. The van der Waals surface area contributed by atoms with E-state index in [4.69, 9.17) is 14.0 Å². The van der Waals surface area contributed by atoms with E-state index in [1.807, 2.05) is 0 Å². The van der Waals surface area contributed by atoms with Crippen molar-refractivity contribution < 1.29 is 36.7 Å². The number of hydrogen-bond acceptors (Lipinski definition) is 6. The Bertz CT molecular complexity index is 668. The molecule has 0 saturated heterocycles. The lowest BCUT2D eigenvalue weighted by Crippen LogP contribution is -2.17. The molecule has 1 aromatic carbocycles. The van der Waals surface area contributed by atoms with E-state index in [1.54, 1.807) is 6.92 Å². The number of hydrogen-bond donors (Lipinski definition) is 0. The first-order chi connectivity index (χ1) is 10.9. The second-order valence-electron chi connectivity index (χ2n) is 4.21. The number of ether oxygens (including phenoxy) is 3. The van der Waals surface area contributed by atoms with Gasteiger partial charge < -0.3 is 18.7 Å². The fourth-order valence-corrected chi connectivity index (χ4v) is 1.60. The number of carbonyl (C=O) groups is 1. The molecule has 0 unspecified atom stereocenters. The highest BCUT2D eigenvalue weighted by molar-refractivity contribution is 5.87. The molecule has 1 heterocycles. The van der Waals surface area contributed by atoms with Gasteiger partial charge in [-0.3, -0.25) is 0 Å². The maximum atomic E-state index is 12.1. The second kappa shape index (κ2) is 7.03. The van der Waals surface area contributed by atoms with Crippen LogP contribution >= 0.6 is 0 Å². The van der Waals surface area contributed by atoms with Crippen molar-refractivity contribution in [2.45, 2.75) is 19.9 Å². The largest absolute Gasteiger partial charge is 0.573 e. The second-order valence-corrected chi connectivity index (χ2v) is 4.21. The molecule has 0 spiro atoms. The van der Waals surface area contributed by atoms with Crippen LogP contribution in [0.1, 0.15) is 23.2 Å². The van der Waals surface area contributed by atoms with Crippen LogP contribution in [0.2, 0.25) is 0 Å². The van der Waals surface area contributed by atoms with Crippen molar-refractivity contribution >= 4 is 5.97 Å². The summed E-state index contributed by atoms with van der Waals surface area (Å²) in [6, 6.07) is 6.35. The predicted molar refractivity (Wildman–Crippen MR) is 69.9 cm³/mol. The summed E-state index contributed by atoms with van der Waals surface area (Å²) in [5, 5.41) is 3.51. The van der Waals surface area contributed by atoms with Crippen molar-refractivity contribution in [1.82, 2.24) is 5.16 Å². The van der Waals surface area contributed by atoms with E-state index >= 15 is 0 Å². The standard InChI is InChI=1S/C14H12F3NO5/c1-2-20-13(19)12-7-11(23-18-12)8-21-9-4-3-5-10(6-9)22-14(15,16)17/h3-7H,2,8H2,1H3. The molecule has 0 bridgehead atoms. The molecule has 0 aliphatic rings. The van der Waals surface area contributed by atoms with Gasteiger partial charge in [-0.1, -0.05) is 11.2 Å². The molecule has 9 heteroatoms. The fraction of sp³-hybridized carbons (Fsp3) is 0.286. The van der Waals surface area contributed by atoms with E-state index in [1.165, 1.54) is 18.2 Å². The van der Waals surface area contributed by atoms with Crippen LogP contribution in [-0.4, -0.2) is 24.1 Å². The van der Waals surface area contributed by atoms with Crippen LogP contribution in [0.25, 0.3) is 0 Å². The minimum absolute atomic E-state index is 0.0143. The van der Waals surface area contributed by atoms with Gasteiger partial charge >= 0.3 is 12.3 Å². The van der Waals surface area contributed by atoms with E-state index in [-0.39, 0.29) is 30.4 Å². The van der Waals surface area contributed by atoms with E-state index in [2.05, 4.69) is 9.89 Å². The van der Waals surface area contributed by atoms with E-state index in [9.17, 15) is 18.0 Å². The summed E-state index contributed by atoms with van der Waals surface area (Å²) in [4.78, 5) is 11.4. The van der Waals surface area contributed by atoms with Gasteiger partial charge in [-0.25, -0.2) is 4.79 Å². The van der Waals surface area contributed by atoms with Crippen LogP contribution in [0.15, 0.2) is 34.9 Å². The number of rotatable bonds is 6. The van der Waals surface area contributed by atoms with Gasteiger partial charge in [0.2, 0.25) is 0 Å². The molecule has 0 aliphatic heterocycles. The lowest BCUT2D eigenvalue weighted by molar-refractivity contribution is -0.274. The molecule has 0 saturated carbocycles. The van der Waals surface area contributed by atoms with Gasteiger partial charge in [0.05, 0.1) is 6.61 Å². The Morgan fingerprint density at radius 3 is 2.70 bits per heavy atom. The first kappa shape index (κ1) is 16.7. The normalized spacial score (nSPS) is 11.1. The zero-order chi connectivity index (χ0) is 16.9. The lowest BCUT2D eigenvalue weighted by atomic mass is 10.3. The van der Waals surface area contributed by atoms with Gasteiger partial charge in [0.15, 0.2) is 11.5 Å². The zero-order valence-corrected chi connectivity index (χ0v) is 11.9. The van der Waals surface area contributed by atoms with Crippen LogP contribution in [0.3, 0.4) is 0 Å². The summed E-state index contributed by atoms with van der Waals surface area (Å²) >= 11 is 0. The van der Waals surface area contributed by atoms with Crippen LogP contribution < -0.4 is 9.47 Å². The summed E-state index contributed by atoms with van der Waals surface area (Å²) in [7, 11) is 0. The van der Waals surface area contributed by atoms with Crippen LogP contribution in [0.4, 0.5) is 13.2 Å². The van der Waals surface area contributed by atoms with Crippen molar-refractivity contribution in [3.8, 4) is 11.5 Å². The average Bonchev–Trinajstić information content (AvgIpc) is 2.93. The first-order valence-electron chi connectivity index (χ1n) is 6.48. The molecule has 0 amide bonds. The van der Waals surface area contributed by atoms with Gasteiger partial charge in [0.1, 0.15) is 18.1 Å². The molecule has 1 aromatic heterocycles. The summed E-state index contributed by atoms with van der Waals surface area (Å²) in [5.74, 6) is -0.682. The SMILES string of the molecule is CCOC(=O)c1cc(COc2cccc(OC(F)(F)F)c2)on1. The summed E-state index contributed by atoms with van der Waals surface area (Å²) < 4.78 is 55.1. The molecule has 0 fully saturated rings. The zero-order valence-electron chi connectivity index (χ0n) is 11.9. The molecule has 23 heavy (non-hydrogen) atoms. The molecule has 0 aliphatic carbocycles. The predicted octanol–water partition coefficient (Wildman–Crippen LogP) is 3.33. The Labute approximate surface area is 128 Å². The van der Waals surface area contributed by atoms with Crippen molar-refractivity contribution in [3.05, 3.63) is 41.8 Å². The van der Waals surface area contributed by atoms with Crippen molar-refractivity contribution in [1.29, 1.82) is 0 Å². The van der Waals surface area contributed by atoms with Crippen molar-refractivity contribution in [2.75, 3.05) is 6.61 Å². The molecule has 0 atom stereocenters. The van der Waals surface area contributed by atoms with E-state index in [0.717, 1.165) is 12.1 Å². The number of nitrogens with zero attached hydrogens (tertiary/aromatic N) is 1. The van der Waals surface area contributed by atoms with Crippen LogP contribution in [0, 0.1) is 0 Å². The minimum atomic E-state index is -4.78. The Balaban J connectivity index is 1.96. The summed E-state index contributed by atoms with van der Waals surface area (Å²) in [6.45, 7) is 1.73. The molecular weight excluding hydrogens is 319 g/mol. The quantitative estimate of drug-likeness (QED) is 0.756. The highest BCUT2D eigenvalue weighted by atomic mass is 19.4. The van der Waals surface area contributed by atoms with Crippen LogP contribution in [-0.2, 0) is 11.3 Å². The van der Waals surface area contributed by atoms with Gasteiger partial charge in [-0.05, 0) is 19.1 Å². The Kier molecular flexibility index (Phi) is 5.09. The Morgan fingerprint density at radius 2 is 2.00 bits per heavy atom. The van der Waals surface area contributed by atoms with Crippen LogP contribution in [0.5, 0.6) is 11.5 Å². The van der Waals surface area contributed by atoms with E-state index < -0.39 is 18.1 Å². The molecule has 124 valence electrons. The number of benzene rings is 1. The van der Waals surface area contributed by atoms with Gasteiger partial charge in [-0.15, -0.1) is 13.2 Å². The number of esters is 1. The van der Waals surface area contributed by atoms with Crippen molar-refractivity contribution in [3.63, 3.8) is 0 Å². The Morgan fingerprint density at radius 1 is 1.26 bits per heavy atom. The monoisotopic (exact) mass is 331 g/mol. The number of alkyl halides is 3. The molecule has 6 nitrogen and oxygen atoms in total. The maximum Gasteiger partial charge on any atom is 0.573 e. The third-order valence-electron chi connectivity index (χ3n) is 2.46. The highest BCUT2D eigenvalue weighted by Crippen LogP contribution is 2.26. The lowest BCUT2D eigenvalue weighted by Gasteiger charge is -2.10. The van der Waals surface area contributed by atoms with Gasteiger partial charge in [0, 0.05) is 12.1 Å². The first-order valence-corrected chi connectivity index (χ1v) is 6.48. The molecule has 0 radical (unpaired) electrons. The third kappa shape index (κ3) is 5.20. The summed E-state index contributed by atoms with van der Waals surface area (Å²) in [6.07, 6.45) is -4.78. The molecule has 2 rings (SSSR count). The minimum Gasteiger partial charge on any atom is -0.485 e. The molecular formula is C14H12F3NO5. The Hall–Kier alpha value is -2.71. The number of aromatic nitrogens is 1. The number of carbonyl (C=O) groups excluding carboxylic acids is 1. The van der Waals surface area contributed by atoms with Gasteiger partial charge in [-0.2, -0.15) is 0 Å². The number of halogens is 3. The van der Waals surface area contributed by atoms with Gasteiger partial charge in [0.25, 0.3) is 0 Å². The van der Waals surface area contributed by atoms with Crippen molar-refractivity contribution in [2.24, 2.45) is 0 Å². The molecule has 0 N–H and O–H groups in total.